The monoisotopic (exact) mass is 294 g/mol. The van der Waals surface area contributed by atoms with Crippen molar-refractivity contribution in [1.82, 2.24) is 9.97 Å². The summed E-state index contributed by atoms with van der Waals surface area (Å²) in [5.74, 6) is 0. The van der Waals surface area contributed by atoms with Crippen molar-refractivity contribution in [3.8, 4) is 11.3 Å². The Morgan fingerprint density at radius 1 is 0.696 bits per heavy atom. The van der Waals surface area contributed by atoms with Gasteiger partial charge in [-0.25, -0.2) is 0 Å². The van der Waals surface area contributed by atoms with E-state index < -0.39 is 0 Å². The van der Waals surface area contributed by atoms with Crippen LogP contribution in [0.5, 0.6) is 0 Å². The van der Waals surface area contributed by atoms with Crippen LogP contribution in [0, 0.1) is 0 Å². The van der Waals surface area contributed by atoms with Crippen LogP contribution in [0.1, 0.15) is 0 Å². The van der Waals surface area contributed by atoms with Gasteiger partial charge in [-0.2, -0.15) is 0 Å². The minimum atomic E-state index is 0.994. The van der Waals surface area contributed by atoms with Gasteiger partial charge in [0.2, 0.25) is 0 Å². The van der Waals surface area contributed by atoms with Gasteiger partial charge in [-0.1, -0.05) is 54.6 Å². The summed E-state index contributed by atoms with van der Waals surface area (Å²) in [7, 11) is 0. The van der Waals surface area contributed by atoms with Crippen LogP contribution in [0.3, 0.4) is 0 Å². The molecule has 0 aliphatic heterocycles. The van der Waals surface area contributed by atoms with Gasteiger partial charge in [0.05, 0.1) is 11.2 Å². The molecule has 1 N–H and O–H groups in total. The Labute approximate surface area is 133 Å². The summed E-state index contributed by atoms with van der Waals surface area (Å²) in [6, 6.07) is 25.3. The van der Waals surface area contributed by atoms with E-state index >= 15 is 0 Å². The first-order valence-electron chi connectivity index (χ1n) is 7.75. The highest BCUT2D eigenvalue weighted by molar-refractivity contribution is 6.22. The Kier molecular flexibility index (Phi) is 2.53. The molecule has 3 aromatic carbocycles. The molecule has 0 fully saturated rings. The van der Waals surface area contributed by atoms with Crippen LogP contribution < -0.4 is 0 Å². The van der Waals surface area contributed by atoms with E-state index in [0.717, 1.165) is 16.8 Å². The molecule has 0 bridgehead atoms. The Morgan fingerprint density at radius 2 is 1.57 bits per heavy atom. The smallest absolute Gasteiger partial charge is 0.0723 e. The number of benzene rings is 3. The highest BCUT2D eigenvalue weighted by Gasteiger charge is 2.12. The molecular weight excluding hydrogens is 280 g/mol. The summed E-state index contributed by atoms with van der Waals surface area (Å²) in [5.41, 5.74) is 4.46. The van der Waals surface area contributed by atoms with Crippen molar-refractivity contribution in [2.45, 2.75) is 0 Å². The molecule has 0 radical (unpaired) electrons. The lowest BCUT2D eigenvalue weighted by Gasteiger charge is -2.02. The van der Waals surface area contributed by atoms with Crippen molar-refractivity contribution < 1.29 is 0 Å². The van der Waals surface area contributed by atoms with Crippen molar-refractivity contribution in [3.05, 3.63) is 79.0 Å². The summed E-state index contributed by atoms with van der Waals surface area (Å²) >= 11 is 0. The SMILES string of the molecule is c1ccc(-c2cccc3c2[nH]c2ccc4ccccc4c23)nc1. The van der Waals surface area contributed by atoms with Crippen LogP contribution in [0.2, 0.25) is 0 Å². The molecule has 2 heterocycles. The summed E-state index contributed by atoms with van der Waals surface area (Å²) in [6.45, 7) is 0. The van der Waals surface area contributed by atoms with Gasteiger partial charge in [0, 0.05) is 28.0 Å². The maximum absolute atomic E-state index is 4.51. The Morgan fingerprint density at radius 3 is 2.48 bits per heavy atom. The van der Waals surface area contributed by atoms with E-state index in [4.69, 9.17) is 0 Å². The van der Waals surface area contributed by atoms with Crippen LogP contribution in [0.25, 0.3) is 43.8 Å². The number of aromatic amines is 1. The molecule has 2 heteroatoms. The van der Waals surface area contributed by atoms with E-state index in [9.17, 15) is 0 Å². The molecule has 23 heavy (non-hydrogen) atoms. The Hall–Kier alpha value is -3.13. The van der Waals surface area contributed by atoms with Crippen molar-refractivity contribution >= 4 is 32.6 Å². The van der Waals surface area contributed by atoms with Gasteiger partial charge < -0.3 is 4.98 Å². The van der Waals surface area contributed by atoms with Crippen molar-refractivity contribution in [3.63, 3.8) is 0 Å². The van der Waals surface area contributed by atoms with E-state index in [1.807, 2.05) is 18.3 Å². The first-order chi connectivity index (χ1) is 11.4. The number of para-hydroxylation sites is 1. The lowest BCUT2D eigenvalue weighted by molar-refractivity contribution is 1.33. The van der Waals surface area contributed by atoms with E-state index in [1.165, 1.54) is 27.1 Å². The second-order valence-corrected chi connectivity index (χ2v) is 5.78. The number of hydrogen-bond acceptors (Lipinski definition) is 1. The first-order valence-corrected chi connectivity index (χ1v) is 7.75. The zero-order valence-corrected chi connectivity index (χ0v) is 12.5. The van der Waals surface area contributed by atoms with Crippen LogP contribution >= 0.6 is 0 Å². The molecule has 2 aromatic heterocycles. The van der Waals surface area contributed by atoms with Gasteiger partial charge in [0.15, 0.2) is 0 Å². The molecule has 0 saturated heterocycles. The first kappa shape index (κ1) is 12.4. The fourth-order valence-corrected chi connectivity index (χ4v) is 3.43. The minimum absolute atomic E-state index is 0.994. The molecule has 0 unspecified atom stereocenters. The molecule has 0 atom stereocenters. The van der Waals surface area contributed by atoms with Crippen LogP contribution in [0.15, 0.2) is 79.0 Å². The number of nitrogens with one attached hydrogen (secondary N) is 1. The summed E-state index contributed by atoms with van der Waals surface area (Å²) in [4.78, 5) is 8.11. The zero-order valence-electron chi connectivity index (χ0n) is 12.5. The van der Waals surface area contributed by atoms with Crippen molar-refractivity contribution in [1.29, 1.82) is 0 Å². The van der Waals surface area contributed by atoms with Crippen molar-refractivity contribution in [2.75, 3.05) is 0 Å². The Balaban J connectivity index is 1.96. The lowest BCUT2D eigenvalue weighted by Crippen LogP contribution is -1.83. The Bertz CT molecular complexity index is 1150. The predicted molar refractivity (Wildman–Crippen MR) is 96.5 cm³/mol. The van der Waals surface area contributed by atoms with Gasteiger partial charge in [0.25, 0.3) is 0 Å². The topological polar surface area (TPSA) is 28.7 Å². The van der Waals surface area contributed by atoms with Crippen LogP contribution in [0.4, 0.5) is 0 Å². The van der Waals surface area contributed by atoms with Crippen molar-refractivity contribution in [2.24, 2.45) is 0 Å². The standard InChI is InChI=1S/C21H14N2/c1-2-7-15-14(6-1)11-12-19-20(15)17-9-5-8-16(21(17)23-19)18-10-3-4-13-22-18/h1-13,23H. The molecular formula is C21H14N2. The average Bonchev–Trinajstić information content (AvgIpc) is 3.01. The highest BCUT2D eigenvalue weighted by atomic mass is 14.7. The molecule has 0 spiro atoms. The molecule has 0 saturated carbocycles. The summed E-state index contributed by atoms with van der Waals surface area (Å²) in [6.07, 6.45) is 1.84. The van der Waals surface area contributed by atoms with E-state index in [1.54, 1.807) is 0 Å². The van der Waals surface area contributed by atoms with Gasteiger partial charge in [0.1, 0.15) is 0 Å². The van der Waals surface area contributed by atoms with Gasteiger partial charge >= 0.3 is 0 Å². The van der Waals surface area contributed by atoms with Gasteiger partial charge in [-0.15, -0.1) is 0 Å². The van der Waals surface area contributed by atoms with Gasteiger partial charge in [-0.05, 0) is 29.0 Å². The maximum Gasteiger partial charge on any atom is 0.0723 e. The molecule has 2 nitrogen and oxygen atoms in total. The number of rotatable bonds is 1. The fraction of sp³-hybridized carbons (Fsp3) is 0. The van der Waals surface area contributed by atoms with E-state index in [2.05, 4.69) is 70.6 Å². The molecule has 108 valence electrons. The maximum atomic E-state index is 4.51. The number of fused-ring (bicyclic) bond motifs is 5. The van der Waals surface area contributed by atoms with E-state index in [-0.39, 0.29) is 0 Å². The zero-order chi connectivity index (χ0) is 15.2. The summed E-state index contributed by atoms with van der Waals surface area (Å²) < 4.78 is 0. The normalized spacial score (nSPS) is 11.5. The average molecular weight is 294 g/mol. The number of nitrogens with zero attached hydrogens (tertiary/aromatic N) is 1. The molecule has 5 aromatic rings. The number of H-pyrrole nitrogens is 1. The largest absolute Gasteiger partial charge is 0.354 e. The second-order valence-electron chi connectivity index (χ2n) is 5.78. The third-order valence-electron chi connectivity index (χ3n) is 4.46. The molecule has 0 aliphatic carbocycles. The molecule has 0 aliphatic rings. The molecule has 5 rings (SSSR count). The third kappa shape index (κ3) is 1.78. The van der Waals surface area contributed by atoms with E-state index in [0.29, 0.717) is 0 Å². The van der Waals surface area contributed by atoms with Crippen LogP contribution in [-0.2, 0) is 0 Å². The van der Waals surface area contributed by atoms with Crippen LogP contribution in [-0.4, -0.2) is 9.97 Å². The third-order valence-corrected chi connectivity index (χ3v) is 4.46. The number of aromatic nitrogens is 2. The fourth-order valence-electron chi connectivity index (χ4n) is 3.43. The predicted octanol–water partition coefficient (Wildman–Crippen LogP) is 5.54. The molecule has 0 amide bonds. The highest BCUT2D eigenvalue weighted by Crippen LogP contribution is 2.36. The minimum Gasteiger partial charge on any atom is -0.354 e. The van der Waals surface area contributed by atoms with Gasteiger partial charge in [-0.3, -0.25) is 4.98 Å². The second kappa shape index (κ2) is 4.68. The number of hydrogen-bond donors (Lipinski definition) is 1. The number of pyridine rings is 1. The lowest BCUT2D eigenvalue weighted by atomic mass is 10.0. The quantitative estimate of drug-likeness (QED) is 0.432. The summed E-state index contributed by atoms with van der Waals surface area (Å²) in [5, 5.41) is 5.09.